The normalized spacial score (nSPS) is 10.2. The molecule has 0 aromatic carbocycles. The van der Waals surface area contributed by atoms with Crippen LogP contribution >= 0.6 is 11.3 Å². The molecule has 2 aromatic rings. The molecule has 0 atom stereocenters. The number of methoxy groups -OCH3 is 1. The second-order valence-corrected chi connectivity index (χ2v) is 5.44. The minimum absolute atomic E-state index is 0.215. The number of aromatic nitrogens is 1. The molecule has 0 spiro atoms. The Labute approximate surface area is 127 Å². The number of carbonyl (C=O) groups is 1. The third-order valence-electron chi connectivity index (χ3n) is 2.99. The largest absolute Gasteiger partial charge is 0.492 e. The SMILES string of the molecule is CNC(=O)c1sc(N(C)Cc2ccccn2)c(OC)c1N. The monoisotopic (exact) mass is 306 g/mol. The molecule has 7 heteroatoms. The molecule has 0 aliphatic carbocycles. The first-order chi connectivity index (χ1) is 10.1. The van der Waals surface area contributed by atoms with Gasteiger partial charge in [-0.05, 0) is 12.1 Å². The molecule has 0 radical (unpaired) electrons. The Kier molecular flexibility index (Phi) is 4.64. The zero-order valence-electron chi connectivity index (χ0n) is 12.2. The minimum atomic E-state index is -0.215. The Morgan fingerprint density at radius 1 is 1.52 bits per heavy atom. The maximum absolute atomic E-state index is 11.8. The number of nitrogens with one attached hydrogen (secondary N) is 1. The highest BCUT2D eigenvalue weighted by atomic mass is 32.1. The molecule has 0 bridgehead atoms. The summed E-state index contributed by atoms with van der Waals surface area (Å²) in [4.78, 5) is 18.5. The summed E-state index contributed by atoms with van der Waals surface area (Å²) < 4.78 is 5.35. The molecule has 0 unspecified atom stereocenters. The summed E-state index contributed by atoms with van der Waals surface area (Å²) in [6.07, 6.45) is 1.75. The summed E-state index contributed by atoms with van der Waals surface area (Å²) in [7, 11) is 5.03. The molecule has 3 N–H and O–H groups in total. The third kappa shape index (κ3) is 3.08. The van der Waals surface area contributed by atoms with Crippen LogP contribution in [0.1, 0.15) is 15.4 Å². The van der Waals surface area contributed by atoms with Gasteiger partial charge in [-0.25, -0.2) is 0 Å². The number of carbonyl (C=O) groups excluding carboxylic acids is 1. The molecule has 0 saturated carbocycles. The second kappa shape index (κ2) is 6.45. The van der Waals surface area contributed by atoms with Crippen LogP contribution < -0.4 is 20.7 Å². The van der Waals surface area contributed by atoms with Crippen molar-refractivity contribution in [2.75, 3.05) is 31.8 Å². The van der Waals surface area contributed by atoms with E-state index in [2.05, 4.69) is 10.3 Å². The highest BCUT2D eigenvalue weighted by Gasteiger charge is 2.23. The lowest BCUT2D eigenvalue weighted by molar-refractivity contribution is 0.0967. The van der Waals surface area contributed by atoms with Crippen LogP contribution in [0.4, 0.5) is 10.7 Å². The number of amides is 1. The molecular weight excluding hydrogens is 288 g/mol. The van der Waals surface area contributed by atoms with Crippen molar-refractivity contribution in [3.05, 3.63) is 35.0 Å². The summed E-state index contributed by atoms with van der Waals surface area (Å²) in [5.41, 5.74) is 7.30. The molecule has 21 heavy (non-hydrogen) atoms. The van der Waals surface area contributed by atoms with Crippen molar-refractivity contribution in [2.45, 2.75) is 6.54 Å². The maximum Gasteiger partial charge on any atom is 0.263 e. The molecule has 1 amide bonds. The average molecular weight is 306 g/mol. The van der Waals surface area contributed by atoms with Gasteiger partial charge in [0.1, 0.15) is 15.6 Å². The van der Waals surface area contributed by atoms with Gasteiger partial charge in [-0.1, -0.05) is 6.07 Å². The zero-order chi connectivity index (χ0) is 15.4. The van der Waals surface area contributed by atoms with Gasteiger partial charge >= 0.3 is 0 Å². The van der Waals surface area contributed by atoms with Crippen LogP contribution in [0.25, 0.3) is 0 Å². The predicted molar refractivity (Wildman–Crippen MR) is 85.0 cm³/mol. The Bertz CT molecular complexity index is 627. The van der Waals surface area contributed by atoms with E-state index in [1.54, 1.807) is 20.4 Å². The number of pyridine rings is 1. The number of nitrogens with two attached hydrogens (primary N) is 1. The van der Waals surface area contributed by atoms with Gasteiger partial charge in [-0.15, -0.1) is 11.3 Å². The highest BCUT2D eigenvalue weighted by Crippen LogP contribution is 2.44. The van der Waals surface area contributed by atoms with E-state index in [0.717, 1.165) is 10.7 Å². The lowest BCUT2D eigenvalue weighted by Crippen LogP contribution is -2.17. The van der Waals surface area contributed by atoms with Gasteiger partial charge in [0.15, 0.2) is 5.75 Å². The van der Waals surface area contributed by atoms with E-state index >= 15 is 0 Å². The van der Waals surface area contributed by atoms with Gasteiger partial charge in [-0.2, -0.15) is 0 Å². The number of hydrogen-bond acceptors (Lipinski definition) is 6. The van der Waals surface area contributed by atoms with Crippen LogP contribution in [0.15, 0.2) is 24.4 Å². The van der Waals surface area contributed by atoms with Crippen LogP contribution in [0.3, 0.4) is 0 Å². The zero-order valence-corrected chi connectivity index (χ0v) is 13.0. The van der Waals surface area contributed by atoms with Crippen LogP contribution in [0.2, 0.25) is 0 Å². The summed E-state index contributed by atoms with van der Waals surface area (Å²) in [6, 6.07) is 5.75. The summed E-state index contributed by atoms with van der Waals surface area (Å²) in [5.74, 6) is 0.310. The molecule has 0 aliphatic heterocycles. The van der Waals surface area contributed by atoms with Crippen LogP contribution in [-0.2, 0) is 6.54 Å². The van der Waals surface area contributed by atoms with E-state index in [1.165, 1.54) is 11.3 Å². The van der Waals surface area contributed by atoms with E-state index in [0.29, 0.717) is 22.9 Å². The van der Waals surface area contributed by atoms with Crippen molar-refractivity contribution < 1.29 is 9.53 Å². The van der Waals surface area contributed by atoms with Crippen LogP contribution in [0, 0.1) is 0 Å². The predicted octanol–water partition coefficient (Wildman–Crippen LogP) is 1.73. The lowest BCUT2D eigenvalue weighted by Gasteiger charge is -2.18. The van der Waals surface area contributed by atoms with Crippen LogP contribution in [-0.4, -0.2) is 32.1 Å². The molecule has 0 saturated heterocycles. The smallest absolute Gasteiger partial charge is 0.263 e. The summed E-state index contributed by atoms with van der Waals surface area (Å²) >= 11 is 1.31. The molecule has 0 fully saturated rings. The lowest BCUT2D eigenvalue weighted by atomic mass is 10.3. The molecule has 6 nitrogen and oxygen atoms in total. The Hall–Kier alpha value is -2.28. The number of nitrogen functional groups attached to an aromatic ring is 1. The fourth-order valence-corrected chi connectivity index (χ4v) is 3.05. The fourth-order valence-electron chi connectivity index (χ4n) is 1.95. The van der Waals surface area contributed by atoms with Gasteiger partial charge in [0, 0.05) is 20.3 Å². The average Bonchev–Trinajstić information content (AvgIpc) is 2.84. The minimum Gasteiger partial charge on any atom is -0.492 e. The first-order valence-electron chi connectivity index (χ1n) is 6.37. The van der Waals surface area contributed by atoms with Gasteiger partial charge in [0.2, 0.25) is 0 Å². The van der Waals surface area contributed by atoms with E-state index in [9.17, 15) is 4.79 Å². The molecule has 2 heterocycles. The number of nitrogens with zero attached hydrogens (tertiary/aromatic N) is 2. The van der Waals surface area contributed by atoms with Crippen molar-refractivity contribution in [3.63, 3.8) is 0 Å². The van der Waals surface area contributed by atoms with Gasteiger partial charge in [-0.3, -0.25) is 9.78 Å². The molecule has 112 valence electrons. The number of anilines is 2. The van der Waals surface area contributed by atoms with E-state index in [1.807, 2.05) is 30.1 Å². The maximum atomic E-state index is 11.8. The Morgan fingerprint density at radius 2 is 2.29 bits per heavy atom. The van der Waals surface area contributed by atoms with Crippen molar-refractivity contribution >= 4 is 27.9 Å². The summed E-state index contributed by atoms with van der Waals surface area (Å²) in [6.45, 7) is 0.602. The van der Waals surface area contributed by atoms with Crippen molar-refractivity contribution in [3.8, 4) is 5.75 Å². The van der Waals surface area contributed by atoms with E-state index < -0.39 is 0 Å². The highest BCUT2D eigenvalue weighted by molar-refractivity contribution is 7.19. The fraction of sp³-hybridized carbons (Fsp3) is 0.286. The molecule has 0 aliphatic rings. The third-order valence-corrected chi connectivity index (χ3v) is 4.29. The quantitative estimate of drug-likeness (QED) is 0.879. The number of rotatable bonds is 5. The van der Waals surface area contributed by atoms with E-state index in [-0.39, 0.29) is 5.91 Å². The molecular formula is C14H18N4O2S. The first kappa shape index (κ1) is 15.1. The van der Waals surface area contributed by atoms with Crippen molar-refractivity contribution in [1.82, 2.24) is 10.3 Å². The standard InChI is InChI=1S/C14H18N4O2S/c1-16-13(19)12-10(15)11(20-3)14(21-12)18(2)8-9-6-4-5-7-17-9/h4-7H,8,15H2,1-3H3,(H,16,19). The van der Waals surface area contributed by atoms with Gasteiger partial charge in [0.05, 0.1) is 19.3 Å². The Morgan fingerprint density at radius 3 is 2.86 bits per heavy atom. The van der Waals surface area contributed by atoms with Crippen molar-refractivity contribution in [1.29, 1.82) is 0 Å². The van der Waals surface area contributed by atoms with Crippen molar-refractivity contribution in [2.24, 2.45) is 0 Å². The van der Waals surface area contributed by atoms with Crippen LogP contribution in [0.5, 0.6) is 5.75 Å². The first-order valence-corrected chi connectivity index (χ1v) is 7.19. The number of thiophene rings is 1. The number of hydrogen-bond donors (Lipinski definition) is 2. The number of ether oxygens (including phenoxy) is 1. The topological polar surface area (TPSA) is 80.5 Å². The second-order valence-electron chi connectivity index (χ2n) is 4.44. The summed E-state index contributed by atoms with van der Waals surface area (Å²) in [5, 5.41) is 3.39. The Balaban J connectivity index is 2.32. The van der Waals surface area contributed by atoms with Gasteiger partial charge < -0.3 is 20.7 Å². The van der Waals surface area contributed by atoms with E-state index in [4.69, 9.17) is 10.5 Å². The molecule has 2 aromatic heterocycles. The molecule has 2 rings (SSSR count). The van der Waals surface area contributed by atoms with Gasteiger partial charge in [0.25, 0.3) is 5.91 Å².